The fourth-order valence-corrected chi connectivity index (χ4v) is 2.12. The van der Waals surface area contributed by atoms with Crippen LogP contribution in [0.5, 0.6) is 0 Å². The first-order valence-corrected chi connectivity index (χ1v) is 6.28. The number of nitrogens with zero attached hydrogens (tertiary/aromatic N) is 1. The molecule has 0 amide bonds. The summed E-state index contributed by atoms with van der Waals surface area (Å²) in [5.41, 5.74) is 7.76. The zero-order chi connectivity index (χ0) is 12.8. The second kappa shape index (κ2) is 6.62. The number of nitrogen functional groups attached to an aromatic ring is 1. The number of aliphatic hydroxyl groups is 1. The summed E-state index contributed by atoms with van der Waals surface area (Å²) < 4.78 is 0. The van der Waals surface area contributed by atoms with E-state index in [-0.39, 0.29) is 6.61 Å². The molecule has 17 heavy (non-hydrogen) atoms. The highest BCUT2D eigenvalue weighted by Gasteiger charge is 2.17. The van der Waals surface area contributed by atoms with Gasteiger partial charge < -0.3 is 10.8 Å². The van der Waals surface area contributed by atoms with Crippen LogP contribution in [0.15, 0.2) is 24.3 Å². The Morgan fingerprint density at radius 3 is 2.24 bits per heavy atom. The molecule has 0 aromatic heterocycles. The van der Waals surface area contributed by atoms with Crippen LogP contribution in [-0.2, 0) is 0 Å². The molecule has 0 spiro atoms. The van der Waals surface area contributed by atoms with Crippen LogP contribution in [0, 0.1) is 0 Å². The number of hydrogen-bond acceptors (Lipinski definition) is 3. The van der Waals surface area contributed by atoms with Gasteiger partial charge in [0.2, 0.25) is 0 Å². The van der Waals surface area contributed by atoms with Crippen molar-refractivity contribution in [1.82, 2.24) is 4.90 Å². The Morgan fingerprint density at radius 2 is 1.76 bits per heavy atom. The molecule has 1 aromatic rings. The first kappa shape index (κ1) is 14.0. The third-order valence-corrected chi connectivity index (χ3v) is 3.15. The maximum atomic E-state index is 8.94. The van der Waals surface area contributed by atoms with E-state index in [9.17, 15) is 0 Å². The van der Waals surface area contributed by atoms with Gasteiger partial charge in [0, 0.05) is 30.9 Å². The Kier molecular flexibility index (Phi) is 5.45. The molecule has 96 valence electrons. The maximum Gasteiger partial charge on any atom is 0.0443 e. The number of aliphatic hydroxyl groups excluding tert-OH is 1. The molecule has 1 aromatic carbocycles. The molecule has 0 saturated heterocycles. The van der Waals surface area contributed by atoms with Crippen molar-refractivity contribution in [1.29, 1.82) is 0 Å². The quantitative estimate of drug-likeness (QED) is 0.746. The number of benzene rings is 1. The second-order valence-corrected chi connectivity index (χ2v) is 4.75. The van der Waals surface area contributed by atoms with Crippen molar-refractivity contribution in [3.05, 3.63) is 29.8 Å². The van der Waals surface area contributed by atoms with E-state index in [2.05, 4.69) is 37.8 Å². The van der Waals surface area contributed by atoms with Crippen molar-refractivity contribution in [2.45, 2.75) is 39.3 Å². The van der Waals surface area contributed by atoms with Gasteiger partial charge in [0.05, 0.1) is 0 Å². The Morgan fingerprint density at radius 1 is 1.18 bits per heavy atom. The first-order chi connectivity index (χ1) is 8.06. The largest absolute Gasteiger partial charge is 0.399 e. The summed E-state index contributed by atoms with van der Waals surface area (Å²) in [6, 6.07) is 8.85. The smallest absolute Gasteiger partial charge is 0.0443 e. The molecule has 0 aliphatic rings. The Hall–Kier alpha value is -1.06. The van der Waals surface area contributed by atoms with Crippen molar-refractivity contribution < 1.29 is 5.11 Å². The van der Waals surface area contributed by atoms with E-state index < -0.39 is 0 Å². The standard InChI is InChI=1S/C14H24N2O/c1-11(2)16(9-4-10-17)12(3)13-5-7-14(15)8-6-13/h5-8,11-12,17H,4,9-10,15H2,1-3H3. The highest BCUT2D eigenvalue weighted by atomic mass is 16.3. The molecular weight excluding hydrogens is 212 g/mol. The SMILES string of the molecule is CC(C)N(CCCO)C(C)c1ccc(N)cc1. The molecule has 3 N–H and O–H groups in total. The predicted molar refractivity (Wildman–Crippen MR) is 72.8 cm³/mol. The fourth-order valence-electron chi connectivity index (χ4n) is 2.12. The van der Waals surface area contributed by atoms with Gasteiger partial charge in [-0.2, -0.15) is 0 Å². The molecule has 0 aliphatic heterocycles. The van der Waals surface area contributed by atoms with E-state index in [1.807, 2.05) is 12.1 Å². The summed E-state index contributed by atoms with van der Waals surface area (Å²) in [6.45, 7) is 7.73. The van der Waals surface area contributed by atoms with E-state index in [0.717, 1.165) is 18.7 Å². The molecular formula is C14H24N2O. The van der Waals surface area contributed by atoms with Gasteiger partial charge in [-0.25, -0.2) is 0 Å². The molecule has 1 unspecified atom stereocenters. The molecule has 0 heterocycles. The lowest BCUT2D eigenvalue weighted by atomic mass is 10.0. The van der Waals surface area contributed by atoms with E-state index >= 15 is 0 Å². The first-order valence-electron chi connectivity index (χ1n) is 6.28. The van der Waals surface area contributed by atoms with Gasteiger partial charge in [0.25, 0.3) is 0 Å². The van der Waals surface area contributed by atoms with E-state index in [4.69, 9.17) is 10.8 Å². The number of nitrogens with two attached hydrogens (primary N) is 1. The Balaban J connectivity index is 2.76. The molecule has 0 aliphatic carbocycles. The van der Waals surface area contributed by atoms with Crippen molar-refractivity contribution >= 4 is 5.69 Å². The Labute approximate surface area is 104 Å². The molecule has 1 rings (SSSR count). The highest BCUT2D eigenvalue weighted by molar-refractivity contribution is 5.40. The van der Waals surface area contributed by atoms with Crippen molar-refractivity contribution in [2.24, 2.45) is 0 Å². The number of anilines is 1. The van der Waals surface area contributed by atoms with E-state index in [1.54, 1.807) is 0 Å². The molecule has 0 bridgehead atoms. The van der Waals surface area contributed by atoms with Gasteiger partial charge in [-0.15, -0.1) is 0 Å². The minimum absolute atomic E-state index is 0.248. The van der Waals surface area contributed by atoms with Crippen LogP contribution in [0.4, 0.5) is 5.69 Å². The predicted octanol–water partition coefficient (Wildman–Crippen LogP) is 2.42. The average molecular weight is 236 g/mol. The van der Waals surface area contributed by atoms with Crippen LogP contribution in [0.3, 0.4) is 0 Å². The molecule has 3 nitrogen and oxygen atoms in total. The summed E-state index contributed by atoms with van der Waals surface area (Å²) in [6.07, 6.45) is 0.817. The molecule has 3 heteroatoms. The number of rotatable bonds is 6. The monoisotopic (exact) mass is 236 g/mol. The van der Waals surface area contributed by atoms with Crippen LogP contribution < -0.4 is 5.73 Å². The van der Waals surface area contributed by atoms with Crippen LogP contribution in [-0.4, -0.2) is 29.2 Å². The highest BCUT2D eigenvalue weighted by Crippen LogP contribution is 2.23. The minimum atomic E-state index is 0.248. The molecule has 0 radical (unpaired) electrons. The van der Waals surface area contributed by atoms with Crippen LogP contribution in [0.1, 0.15) is 38.8 Å². The minimum Gasteiger partial charge on any atom is -0.399 e. The van der Waals surface area contributed by atoms with Crippen LogP contribution in [0.2, 0.25) is 0 Å². The molecule has 0 saturated carbocycles. The number of hydrogen-bond donors (Lipinski definition) is 2. The van der Waals surface area contributed by atoms with Crippen molar-refractivity contribution in [3.8, 4) is 0 Å². The summed E-state index contributed by atoms with van der Waals surface area (Å²) >= 11 is 0. The van der Waals surface area contributed by atoms with Gasteiger partial charge in [-0.05, 0) is 44.9 Å². The summed E-state index contributed by atoms with van der Waals surface area (Å²) in [5, 5.41) is 8.94. The zero-order valence-corrected chi connectivity index (χ0v) is 11.1. The summed E-state index contributed by atoms with van der Waals surface area (Å²) in [5.74, 6) is 0. The lowest BCUT2D eigenvalue weighted by molar-refractivity contribution is 0.147. The van der Waals surface area contributed by atoms with Gasteiger partial charge >= 0.3 is 0 Å². The lowest BCUT2D eigenvalue weighted by Gasteiger charge is -2.33. The van der Waals surface area contributed by atoms with Gasteiger partial charge in [-0.3, -0.25) is 4.90 Å². The van der Waals surface area contributed by atoms with Crippen LogP contribution in [0.25, 0.3) is 0 Å². The fraction of sp³-hybridized carbons (Fsp3) is 0.571. The lowest BCUT2D eigenvalue weighted by Crippen LogP contribution is -2.34. The van der Waals surface area contributed by atoms with Gasteiger partial charge in [-0.1, -0.05) is 12.1 Å². The molecule has 0 fully saturated rings. The van der Waals surface area contributed by atoms with Gasteiger partial charge in [0.15, 0.2) is 0 Å². The van der Waals surface area contributed by atoms with Gasteiger partial charge in [0.1, 0.15) is 0 Å². The zero-order valence-electron chi connectivity index (χ0n) is 11.1. The van der Waals surface area contributed by atoms with Crippen molar-refractivity contribution in [2.75, 3.05) is 18.9 Å². The normalized spacial score (nSPS) is 13.3. The van der Waals surface area contributed by atoms with E-state index in [1.165, 1.54) is 5.56 Å². The third kappa shape index (κ3) is 4.02. The van der Waals surface area contributed by atoms with Crippen LogP contribution >= 0.6 is 0 Å². The average Bonchev–Trinajstić information content (AvgIpc) is 2.29. The maximum absolute atomic E-state index is 8.94. The topological polar surface area (TPSA) is 49.5 Å². The summed E-state index contributed by atoms with van der Waals surface area (Å²) in [4.78, 5) is 2.39. The molecule has 1 atom stereocenters. The van der Waals surface area contributed by atoms with E-state index in [0.29, 0.717) is 12.1 Å². The summed E-state index contributed by atoms with van der Waals surface area (Å²) in [7, 11) is 0. The second-order valence-electron chi connectivity index (χ2n) is 4.75. The third-order valence-electron chi connectivity index (χ3n) is 3.15. The van der Waals surface area contributed by atoms with Crippen molar-refractivity contribution in [3.63, 3.8) is 0 Å². The Bertz CT molecular complexity index is 321.